The maximum Gasteiger partial charge on any atom is 0.226 e. The van der Waals surface area contributed by atoms with Gasteiger partial charge in [-0.1, -0.05) is 20.3 Å². The zero-order valence-electron chi connectivity index (χ0n) is 12.6. The van der Waals surface area contributed by atoms with Crippen molar-refractivity contribution in [3.8, 4) is 0 Å². The molecule has 1 heterocycles. The molecule has 4 nitrogen and oxygen atoms in total. The van der Waals surface area contributed by atoms with Gasteiger partial charge in [-0.15, -0.1) is 0 Å². The average molecular weight is 270 g/mol. The minimum absolute atomic E-state index is 0.121. The van der Waals surface area contributed by atoms with Gasteiger partial charge in [0.2, 0.25) is 5.91 Å². The molecular formula is C15H30N2O2. The quantitative estimate of drug-likeness (QED) is 0.631. The highest BCUT2D eigenvalue weighted by Gasteiger charge is 2.38. The second-order valence-corrected chi connectivity index (χ2v) is 5.50. The van der Waals surface area contributed by atoms with Crippen molar-refractivity contribution in [3.63, 3.8) is 0 Å². The summed E-state index contributed by atoms with van der Waals surface area (Å²) in [6, 6.07) is 0. The molecule has 2 N–H and O–H groups in total. The molecule has 4 heteroatoms. The van der Waals surface area contributed by atoms with Crippen LogP contribution in [0, 0.1) is 5.41 Å². The molecule has 0 bridgehead atoms. The van der Waals surface area contributed by atoms with Crippen molar-refractivity contribution < 1.29 is 9.53 Å². The lowest BCUT2D eigenvalue weighted by Crippen LogP contribution is -2.47. The third kappa shape index (κ3) is 5.49. The van der Waals surface area contributed by atoms with E-state index in [2.05, 4.69) is 24.5 Å². The summed E-state index contributed by atoms with van der Waals surface area (Å²) in [5, 5.41) is 6.45. The SMILES string of the molecule is CCCOCCCNC(=O)C1(CCC)CCNCC1. The van der Waals surface area contributed by atoms with Crippen LogP contribution >= 0.6 is 0 Å². The van der Waals surface area contributed by atoms with Crippen LogP contribution in [0.1, 0.15) is 52.4 Å². The van der Waals surface area contributed by atoms with Gasteiger partial charge in [0.05, 0.1) is 5.41 Å². The molecular weight excluding hydrogens is 240 g/mol. The standard InChI is InChI=1S/C15H30N2O2/c1-3-6-15(7-10-16-11-8-15)14(18)17-9-5-13-19-12-4-2/h16H,3-13H2,1-2H3,(H,17,18). The molecule has 0 atom stereocenters. The van der Waals surface area contributed by atoms with Crippen LogP contribution in [-0.4, -0.2) is 38.8 Å². The maximum absolute atomic E-state index is 12.4. The third-order valence-corrected chi connectivity index (χ3v) is 3.87. The van der Waals surface area contributed by atoms with Crippen molar-refractivity contribution in [2.75, 3.05) is 32.8 Å². The van der Waals surface area contributed by atoms with Crippen LogP contribution in [0.3, 0.4) is 0 Å². The van der Waals surface area contributed by atoms with E-state index >= 15 is 0 Å². The van der Waals surface area contributed by atoms with Gasteiger partial charge in [-0.2, -0.15) is 0 Å². The minimum atomic E-state index is -0.121. The van der Waals surface area contributed by atoms with Crippen LogP contribution < -0.4 is 10.6 Å². The number of rotatable bonds is 9. The molecule has 0 aromatic carbocycles. The first-order valence-electron chi connectivity index (χ1n) is 7.82. The van der Waals surface area contributed by atoms with E-state index in [4.69, 9.17) is 4.74 Å². The molecule has 19 heavy (non-hydrogen) atoms. The first-order chi connectivity index (χ1) is 9.25. The Morgan fingerprint density at radius 3 is 2.58 bits per heavy atom. The molecule has 0 aromatic rings. The van der Waals surface area contributed by atoms with E-state index in [1.165, 1.54) is 0 Å². The van der Waals surface area contributed by atoms with Crippen LogP contribution in [0.2, 0.25) is 0 Å². The molecule has 0 spiro atoms. The zero-order valence-corrected chi connectivity index (χ0v) is 12.6. The van der Waals surface area contributed by atoms with Gasteiger partial charge >= 0.3 is 0 Å². The number of nitrogens with one attached hydrogen (secondary N) is 2. The molecule has 112 valence electrons. The lowest BCUT2D eigenvalue weighted by atomic mass is 9.74. The van der Waals surface area contributed by atoms with Crippen LogP contribution in [0.5, 0.6) is 0 Å². The highest BCUT2D eigenvalue weighted by atomic mass is 16.5. The van der Waals surface area contributed by atoms with Crippen molar-refractivity contribution in [1.29, 1.82) is 0 Å². The molecule has 1 amide bonds. The number of amides is 1. The monoisotopic (exact) mass is 270 g/mol. The van der Waals surface area contributed by atoms with Gasteiger partial charge in [-0.25, -0.2) is 0 Å². The van der Waals surface area contributed by atoms with Crippen molar-refractivity contribution >= 4 is 5.91 Å². The van der Waals surface area contributed by atoms with Gasteiger partial charge in [0, 0.05) is 19.8 Å². The fourth-order valence-corrected chi connectivity index (χ4v) is 2.78. The van der Waals surface area contributed by atoms with E-state index in [-0.39, 0.29) is 11.3 Å². The Bertz CT molecular complexity index is 245. The van der Waals surface area contributed by atoms with Gasteiger partial charge in [-0.05, 0) is 45.2 Å². The summed E-state index contributed by atoms with van der Waals surface area (Å²) in [6.45, 7) is 8.50. The first kappa shape index (κ1) is 16.4. The normalized spacial score (nSPS) is 18.2. The largest absolute Gasteiger partial charge is 0.381 e. The Balaban J connectivity index is 2.28. The van der Waals surface area contributed by atoms with Crippen molar-refractivity contribution in [3.05, 3.63) is 0 Å². The Morgan fingerprint density at radius 2 is 1.95 bits per heavy atom. The van der Waals surface area contributed by atoms with E-state index in [0.717, 1.165) is 71.4 Å². The van der Waals surface area contributed by atoms with Crippen LogP contribution in [-0.2, 0) is 9.53 Å². The first-order valence-corrected chi connectivity index (χ1v) is 7.82. The topological polar surface area (TPSA) is 50.4 Å². The van der Waals surface area contributed by atoms with Crippen molar-refractivity contribution in [2.45, 2.75) is 52.4 Å². The summed E-state index contributed by atoms with van der Waals surface area (Å²) in [4.78, 5) is 12.4. The highest BCUT2D eigenvalue weighted by molar-refractivity contribution is 5.82. The van der Waals surface area contributed by atoms with E-state index in [9.17, 15) is 4.79 Å². The molecule has 1 aliphatic heterocycles. The van der Waals surface area contributed by atoms with E-state index in [1.807, 2.05) is 0 Å². The molecule has 1 aliphatic rings. The van der Waals surface area contributed by atoms with Crippen molar-refractivity contribution in [1.82, 2.24) is 10.6 Å². The molecule has 0 aromatic heterocycles. The second-order valence-electron chi connectivity index (χ2n) is 5.50. The number of piperidine rings is 1. The molecule has 1 saturated heterocycles. The summed E-state index contributed by atoms with van der Waals surface area (Å²) in [5.41, 5.74) is -0.121. The van der Waals surface area contributed by atoms with Crippen LogP contribution in [0.25, 0.3) is 0 Å². The summed E-state index contributed by atoms with van der Waals surface area (Å²) >= 11 is 0. The highest BCUT2D eigenvalue weighted by Crippen LogP contribution is 2.34. The summed E-state index contributed by atoms with van der Waals surface area (Å²) in [5.74, 6) is 0.256. The number of hydrogen-bond donors (Lipinski definition) is 2. The van der Waals surface area contributed by atoms with Gasteiger partial charge in [-0.3, -0.25) is 4.79 Å². The number of carbonyl (C=O) groups excluding carboxylic acids is 1. The zero-order chi connectivity index (χ0) is 14.0. The molecule has 0 aliphatic carbocycles. The molecule has 1 fully saturated rings. The fourth-order valence-electron chi connectivity index (χ4n) is 2.78. The Kier molecular flexibility index (Phi) is 8.07. The molecule has 1 rings (SSSR count). The third-order valence-electron chi connectivity index (χ3n) is 3.87. The summed E-state index contributed by atoms with van der Waals surface area (Å²) in [6.07, 6.45) is 5.99. The number of hydrogen-bond acceptors (Lipinski definition) is 3. The lowest BCUT2D eigenvalue weighted by molar-refractivity contribution is -0.133. The van der Waals surface area contributed by atoms with Crippen LogP contribution in [0.15, 0.2) is 0 Å². The number of carbonyl (C=O) groups is 1. The Hall–Kier alpha value is -0.610. The molecule has 0 saturated carbocycles. The average Bonchev–Trinajstić information content (AvgIpc) is 2.44. The summed E-state index contributed by atoms with van der Waals surface area (Å²) in [7, 11) is 0. The van der Waals surface area contributed by atoms with E-state index < -0.39 is 0 Å². The lowest BCUT2D eigenvalue weighted by Gasteiger charge is -2.36. The van der Waals surface area contributed by atoms with Gasteiger partial charge < -0.3 is 15.4 Å². The predicted molar refractivity (Wildman–Crippen MR) is 78.2 cm³/mol. The predicted octanol–water partition coefficient (Wildman–Crippen LogP) is 2.09. The van der Waals surface area contributed by atoms with Crippen molar-refractivity contribution in [2.24, 2.45) is 5.41 Å². The number of ether oxygens (including phenoxy) is 1. The van der Waals surface area contributed by atoms with Gasteiger partial charge in [0.25, 0.3) is 0 Å². The molecule has 0 radical (unpaired) electrons. The van der Waals surface area contributed by atoms with E-state index in [0.29, 0.717) is 0 Å². The van der Waals surface area contributed by atoms with Crippen LogP contribution in [0.4, 0.5) is 0 Å². The maximum atomic E-state index is 12.4. The van der Waals surface area contributed by atoms with Gasteiger partial charge in [0.1, 0.15) is 0 Å². The summed E-state index contributed by atoms with van der Waals surface area (Å²) < 4.78 is 5.42. The Morgan fingerprint density at radius 1 is 1.21 bits per heavy atom. The van der Waals surface area contributed by atoms with Gasteiger partial charge in [0.15, 0.2) is 0 Å². The van der Waals surface area contributed by atoms with E-state index in [1.54, 1.807) is 0 Å². The smallest absolute Gasteiger partial charge is 0.226 e. The molecule has 0 unspecified atom stereocenters. The second kappa shape index (κ2) is 9.32. The fraction of sp³-hybridized carbons (Fsp3) is 0.933. The Labute approximate surface area is 117 Å². The minimum Gasteiger partial charge on any atom is -0.381 e.